The molecule has 6 heteroatoms. The van der Waals surface area contributed by atoms with Crippen molar-refractivity contribution < 1.29 is 9.53 Å². The van der Waals surface area contributed by atoms with Crippen molar-refractivity contribution in [3.8, 4) is 5.75 Å². The van der Waals surface area contributed by atoms with Crippen LogP contribution in [0.2, 0.25) is 0 Å². The van der Waals surface area contributed by atoms with Crippen molar-refractivity contribution >= 4 is 33.2 Å². The van der Waals surface area contributed by atoms with Gasteiger partial charge in [0.25, 0.3) is 5.91 Å². The lowest BCUT2D eigenvalue weighted by Crippen LogP contribution is -2.25. The number of anilines is 2. The number of halogens is 1. The number of hydrogen-bond donors (Lipinski definition) is 2. The van der Waals surface area contributed by atoms with Crippen LogP contribution >= 0.6 is 15.9 Å². The lowest BCUT2D eigenvalue weighted by Gasteiger charge is -2.18. The van der Waals surface area contributed by atoms with Gasteiger partial charge in [-0.15, -0.1) is 0 Å². The fraction of sp³-hybridized carbons (Fsp3) is 0.143. The summed E-state index contributed by atoms with van der Waals surface area (Å²) in [5.41, 5.74) is 2.67. The number of carbonyl (C=O) groups is 1. The number of hydrogen-bond acceptors (Lipinski definition) is 4. The lowest BCUT2D eigenvalue weighted by atomic mass is 10.2. The predicted octanol–water partition coefficient (Wildman–Crippen LogP) is 2.79. The highest BCUT2D eigenvalue weighted by molar-refractivity contribution is 9.10. The maximum absolute atomic E-state index is 11.3. The molecule has 0 atom stereocenters. The van der Waals surface area contributed by atoms with E-state index in [1.54, 1.807) is 12.4 Å². The van der Waals surface area contributed by atoms with E-state index >= 15 is 0 Å². The Morgan fingerprint density at radius 2 is 2.25 bits per heavy atom. The van der Waals surface area contributed by atoms with Crippen molar-refractivity contribution in [1.82, 2.24) is 4.98 Å². The summed E-state index contributed by atoms with van der Waals surface area (Å²) in [5.74, 6) is 0.560. The van der Waals surface area contributed by atoms with Gasteiger partial charge in [-0.2, -0.15) is 0 Å². The summed E-state index contributed by atoms with van der Waals surface area (Å²) in [6.07, 6.45) is 3.55. The predicted molar refractivity (Wildman–Crippen MR) is 79.8 cm³/mol. The Kier molecular flexibility index (Phi) is 3.56. The van der Waals surface area contributed by atoms with Crippen molar-refractivity contribution in [1.29, 1.82) is 0 Å². The van der Waals surface area contributed by atoms with Crippen LogP contribution < -0.4 is 15.4 Å². The molecule has 1 aromatic heterocycles. The number of carbonyl (C=O) groups excluding carboxylic acids is 1. The second-order valence-corrected chi connectivity index (χ2v) is 5.33. The maximum atomic E-state index is 11.3. The number of fused-ring (bicyclic) bond motifs is 1. The molecule has 0 saturated heterocycles. The Morgan fingerprint density at radius 3 is 3.10 bits per heavy atom. The molecule has 1 aliphatic rings. The number of pyridine rings is 1. The summed E-state index contributed by atoms with van der Waals surface area (Å²) in [7, 11) is 0. The first-order chi connectivity index (χ1) is 9.70. The molecule has 0 bridgehead atoms. The van der Waals surface area contributed by atoms with Crippen LogP contribution in [0.25, 0.3) is 0 Å². The van der Waals surface area contributed by atoms with Gasteiger partial charge in [-0.05, 0) is 45.8 Å². The molecule has 0 aliphatic carbocycles. The average molecular weight is 334 g/mol. The Hall–Kier alpha value is -2.08. The van der Waals surface area contributed by atoms with Crippen molar-refractivity contribution in [2.75, 3.05) is 17.2 Å². The SMILES string of the molecule is O=C1COc2ccc(NCc3cncc(Br)c3)cc2N1. The van der Waals surface area contributed by atoms with Crippen molar-refractivity contribution in [2.24, 2.45) is 0 Å². The molecule has 0 saturated carbocycles. The van der Waals surface area contributed by atoms with Crippen LogP contribution in [-0.2, 0) is 11.3 Å². The third kappa shape index (κ3) is 2.91. The van der Waals surface area contributed by atoms with Crippen LogP contribution in [-0.4, -0.2) is 17.5 Å². The van der Waals surface area contributed by atoms with Gasteiger partial charge >= 0.3 is 0 Å². The van der Waals surface area contributed by atoms with E-state index in [4.69, 9.17) is 4.74 Å². The van der Waals surface area contributed by atoms with E-state index in [2.05, 4.69) is 31.5 Å². The third-order valence-electron chi connectivity index (χ3n) is 2.87. The Morgan fingerprint density at radius 1 is 1.35 bits per heavy atom. The first kappa shape index (κ1) is 12.9. The molecule has 1 aromatic carbocycles. The van der Waals surface area contributed by atoms with Crippen LogP contribution in [0, 0.1) is 0 Å². The van der Waals surface area contributed by atoms with E-state index in [1.807, 2.05) is 24.3 Å². The van der Waals surface area contributed by atoms with E-state index < -0.39 is 0 Å². The maximum Gasteiger partial charge on any atom is 0.262 e. The van der Waals surface area contributed by atoms with Gasteiger partial charge in [0.05, 0.1) is 5.69 Å². The molecule has 2 aromatic rings. The Balaban J connectivity index is 1.72. The van der Waals surface area contributed by atoms with Crippen LogP contribution in [0.3, 0.4) is 0 Å². The van der Waals surface area contributed by atoms with Crippen molar-refractivity contribution in [3.63, 3.8) is 0 Å². The standard InChI is InChI=1S/C14H12BrN3O2/c15-10-3-9(5-16-7-10)6-17-11-1-2-13-12(4-11)18-14(19)8-20-13/h1-5,7,17H,6,8H2,(H,18,19). The van der Waals surface area contributed by atoms with Gasteiger partial charge in [0.2, 0.25) is 0 Å². The van der Waals surface area contributed by atoms with Crippen molar-refractivity contribution in [2.45, 2.75) is 6.54 Å². The normalized spacial score (nSPS) is 13.2. The van der Waals surface area contributed by atoms with Crippen LogP contribution in [0.5, 0.6) is 5.75 Å². The zero-order chi connectivity index (χ0) is 13.9. The molecule has 3 rings (SSSR count). The highest BCUT2D eigenvalue weighted by Crippen LogP contribution is 2.30. The smallest absolute Gasteiger partial charge is 0.262 e. The van der Waals surface area contributed by atoms with E-state index in [-0.39, 0.29) is 12.5 Å². The highest BCUT2D eigenvalue weighted by atomic mass is 79.9. The van der Waals surface area contributed by atoms with Gasteiger partial charge in [0, 0.05) is 29.1 Å². The zero-order valence-corrected chi connectivity index (χ0v) is 12.1. The average Bonchev–Trinajstić information content (AvgIpc) is 2.45. The summed E-state index contributed by atoms with van der Waals surface area (Å²) < 4.78 is 6.26. The molecule has 0 fully saturated rings. The van der Waals surface area contributed by atoms with Gasteiger partial charge < -0.3 is 15.4 Å². The van der Waals surface area contributed by atoms with Gasteiger partial charge in [-0.25, -0.2) is 0 Å². The van der Waals surface area contributed by atoms with Crippen LogP contribution in [0.4, 0.5) is 11.4 Å². The second-order valence-electron chi connectivity index (χ2n) is 4.41. The molecule has 5 nitrogen and oxygen atoms in total. The monoisotopic (exact) mass is 333 g/mol. The zero-order valence-electron chi connectivity index (χ0n) is 10.5. The number of rotatable bonds is 3. The van der Waals surface area contributed by atoms with E-state index in [9.17, 15) is 4.79 Å². The minimum Gasteiger partial charge on any atom is -0.482 e. The van der Waals surface area contributed by atoms with Gasteiger partial charge in [0.15, 0.2) is 6.61 Å². The van der Waals surface area contributed by atoms with E-state index in [0.717, 1.165) is 15.7 Å². The second kappa shape index (κ2) is 5.50. The summed E-state index contributed by atoms with van der Waals surface area (Å²) in [5, 5.41) is 6.07. The Bertz CT molecular complexity index is 661. The molecule has 2 N–H and O–H groups in total. The van der Waals surface area contributed by atoms with Crippen LogP contribution in [0.1, 0.15) is 5.56 Å². The number of ether oxygens (including phenoxy) is 1. The fourth-order valence-corrected chi connectivity index (χ4v) is 2.36. The summed E-state index contributed by atoms with van der Waals surface area (Å²) in [6.45, 7) is 0.726. The molecule has 102 valence electrons. The van der Waals surface area contributed by atoms with Gasteiger partial charge in [0.1, 0.15) is 5.75 Å². The van der Waals surface area contributed by atoms with E-state index in [0.29, 0.717) is 18.0 Å². The van der Waals surface area contributed by atoms with Gasteiger partial charge in [-0.1, -0.05) is 0 Å². The topological polar surface area (TPSA) is 63.2 Å². The summed E-state index contributed by atoms with van der Waals surface area (Å²) >= 11 is 3.39. The molecule has 2 heterocycles. The van der Waals surface area contributed by atoms with Crippen molar-refractivity contribution in [3.05, 3.63) is 46.7 Å². The third-order valence-corrected chi connectivity index (χ3v) is 3.30. The first-order valence-corrected chi connectivity index (χ1v) is 6.90. The minimum absolute atomic E-state index is 0.0729. The molecule has 1 amide bonds. The number of nitrogens with zero attached hydrogens (tertiary/aromatic N) is 1. The van der Waals surface area contributed by atoms with Gasteiger partial charge in [-0.3, -0.25) is 9.78 Å². The lowest BCUT2D eigenvalue weighted by molar-refractivity contribution is -0.118. The highest BCUT2D eigenvalue weighted by Gasteiger charge is 2.15. The molecule has 1 aliphatic heterocycles. The summed E-state index contributed by atoms with van der Waals surface area (Å²) in [4.78, 5) is 15.4. The Labute approximate surface area is 124 Å². The molecule has 20 heavy (non-hydrogen) atoms. The molecule has 0 spiro atoms. The first-order valence-electron chi connectivity index (χ1n) is 6.11. The molecule has 0 unspecified atom stereocenters. The molecular weight excluding hydrogens is 322 g/mol. The number of aromatic nitrogens is 1. The van der Waals surface area contributed by atoms with E-state index in [1.165, 1.54) is 0 Å². The van der Waals surface area contributed by atoms with Crippen LogP contribution in [0.15, 0.2) is 41.1 Å². The minimum atomic E-state index is -0.133. The summed E-state index contributed by atoms with van der Waals surface area (Å²) in [6, 6.07) is 7.62. The quantitative estimate of drug-likeness (QED) is 0.906. The molecular formula is C14H12BrN3O2. The number of benzene rings is 1. The number of amides is 1. The largest absolute Gasteiger partial charge is 0.482 e. The molecule has 0 radical (unpaired) electrons. The number of nitrogens with one attached hydrogen (secondary N) is 2. The fourth-order valence-electron chi connectivity index (χ4n) is 1.95.